The molecule has 3 aliphatic rings. The number of hydrogen-bond acceptors (Lipinski definition) is 12. The smallest absolute Gasteiger partial charge is 0.310 e. The number of fused-ring (bicyclic) bond motifs is 3. The molecule has 13 nitrogen and oxygen atoms in total. The van der Waals surface area contributed by atoms with Crippen LogP contribution in [-0.2, 0) is 16.1 Å². The highest BCUT2D eigenvalue weighted by atomic mass is 16.7. The summed E-state index contributed by atoms with van der Waals surface area (Å²) in [6.45, 7) is 1.86. The summed E-state index contributed by atoms with van der Waals surface area (Å²) < 4.78 is 47.4. The van der Waals surface area contributed by atoms with Crippen molar-refractivity contribution in [2.45, 2.75) is 25.5 Å². The van der Waals surface area contributed by atoms with Crippen molar-refractivity contribution in [2.75, 3.05) is 41.8 Å². The van der Waals surface area contributed by atoms with Crippen LogP contribution in [0.15, 0.2) is 48.7 Å². The van der Waals surface area contributed by atoms with E-state index < -0.39 is 17.9 Å². The van der Waals surface area contributed by atoms with Crippen LogP contribution in [0.1, 0.15) is 51.6 Å². The minimum absolute atomic E-state index is 0.0756. The highest BCUT2D eigenvalue weighted by Crippen LogP contribution is 2.56. The maximum absolute atomic E-state index is 13.6. The van der Waals surface area contributed by atoms with E-state index in [1.165, 1.54) is 14.0 Å². The fourth-order valence-electron chi connectivity index (χ4n) is 6.83. The van der Waals surface area contributed by atoms with Gasteiger partial charge in [0.05, 0.1) is 53.2 Å². The Bertz CT molecular complexity index is 1850. The van der Waals surface area contributed by atoms with Crippen LogP contribution in [-0.4, -0.2) is 68.6 Å². The number of ketones is 1. The molecule has 7 rings (SSSR count). The lowest BCUT2D eigenvalue weighted by atomic mass is 9.65. The van der Waals surface area contributed by atoms with E-state index >= 15 is 0 Å². The highest BCUT2D eigenvalue weighted by Gasteiger charge is 2.53. The fourth-order valence-corrected chi connectivity index (χ4v) is 6.83. The molecule has 1 aromatic heterocycles. The second kappa shape index (κ2) is 12.0. The quantitative estimate of drug-likeness (QED) is 0.179. The van der Waals surface area contributed by atoms with E-state index in [1.54, 1.807) is 50.4 Å². The van der Waals surface area contributed by atoms with Crippen LogP contribution in [0.4, 0.5) is 0 Å². The molecule has 4 atom stereocenters. The SMILES string of the molecule is COc1cc(C(C)=O)ccc1OCc1cn([C@@H]2c3cc4c(cc3[C@@H](c3cc(OC)c(OC)c(OC)c3)[C@H]3C(=O)OC[C@@H]32)OCO4)nn1. The maximum Gasteiger partial charge on any atom is 0.310 e. The van der Waals surface area contributed by atoms with Gasteiger partial charge in [0.25, 0.3) is 0 Å². The van der Waals surface area contributed by atoms with Gasteiger partial charge < -0.3 is 37.9 Å². The number of ether oxygens (including phenoxy) is 8. The van der Waals surface area contributed by atoms with Crippen LogP contribution < -0.4 is 33.2 Å². The Hall–Kier alpha value is -5.46. The number of benzene rings is 3. The molecule has 3 heterocycles. The van der Waals surface area contributed by atoms with Crippen LogP contribution in [0.2, 0.25) is 0 Å². The van der Waals surface area contributed by atoms with Crippen molar-refractivity contribution >= 4 is 11.8 Å². The van der Waals surface area contributed by atoms with E-state index in [1.807, 2.05) is 24.3 Å². The third-order valence-electron chi connectivity index (χ3n) is 8.98. The normalized spacial score (nSPS) is 20.6. The number of aromatic nitrogens is 3. The molecule has 0 saturated carbocycles. The summed E-state index contributed by atoms with van der Waals surface area (Å²) in [6.07, 6.45) is 1.80. The summed E-state index contributed by atoms with van der Waals surface area (Å²) in [4.78, 5) is 25.4. The predicted octanol–water partition coefficient (Wildman–Crippen LogP) is 4.35. The largest absolute Gasteiger partial charge is 0.493 e. The van der Waals surface area contributed by atoms with Crippen LogP contribution in [0, 0.1) is 11.8 Å². The molecule has 1 saturated heterocycles. The van der Waals surface area contributed by atoms with E-state index in [0.29, 0.717) is 51.5 Å². The molecule has 244 valence electrons. The molecule has 1 fully saturated rings. The van der Waals surface area contributed by atoms with Gasteiger partial charge in [-0.05, 0) is 66.1 Å². The van der Waals surface area contributed by atoms with Gasteiger partial charge >= 0.3 is 5.97 Å². The fraction of sp³-hybridized carbons (Fsp3) is 0.353. The van der Waals surface area contributed by atoms with Crippen molar-refractivity contribution in [3.05, 3.63) is 76.6 Å². The second-order valence-corrected chi connectivity index (χ2v) is 11.4. The zero-order chi connectivity index (χ0) is 32.8. The molecule has 0 spiro atoms. The molecule has 47 heavy (non-hydrogen) atoms. The van der Waals surface area contributed by atoms with Gasteiger partial charge in [0, 0.05) is 17.4 Å². The number of nitrogens with zero attached hydrogens (tertiary/aromatic N) is 3. The van der Waals surface area contributed by atoms with E-state index in [4.69, 9.17) is 37.9 Å². The zero-order valence-electron chi connectivity index (χ0n) is 26.5. The molecular formula is C34H33N3O10. The van der Waals surface area contributed by atoms with Crippen molar-refractivity contribution in [1.29, 1.82) is 0 Å². The summed E-state index contributed by atoms with van der Waals surface area (Å²) in [7, 11) is 6.17. The average Bonchev–Trinajstić information content (AvgIpc) is 3.85. The molecule has 1 aliphatic carbocycles. The van der Waals surface area contributed by atoms with Crippen molar-refractivity contribution in [2.24, 2.45) is 11.8 Å². The van der Waals surface area contributed by atoms with Gasteiger partial charge in [-0.25, -0.2) is 4.68 Å². The van der Waals surface area contributed by atoms with Crippen LogP contribution in [0.3, 0.4) is 0 Å². The molecule has 4 aromatic rings. The third-order valence-corrected chi connectivity index (χ3v) is 8.98. The van der Waals surface area contributed by atoms with Crippen LogP contribution in [0.25, 0.3) is 0 Å². The number of methoxy groups -OCH3 is 4. The van der Waals surface area contributed by atoms with Gasteiger partial charge in [0.1, 0.15) is 12.3 Å². The van der Waals surface area contributed by atoms with E-state index in [0.717, 1.165) is 16.7 Å². The number of hydrogen-bond donors (Lipinski definition) is 0. The molecule has 3 aromatic carbocycles. The van der Waals surface area contributed by atoms with Gasteiger partial charge in [0.2, 0.25) is 12.5 Å². The second-order valence-electron chi connectivity index (χ2n) is 11.4. The van der Waals surface area contributed by atoms with Gasteiger partial charge in [-0.1, -0.05) is 5.21 Å². The number of rotatable bonds is 10. The molecule has 0 radical (unpaired) electrons. The molecule has 0 bridgehead atoms. The van der Waals surface area contributed by atoms with Crippen LogP contribution >= 0.6 is 0 Å². The average molecular weight is 644 g/mol. The Morgan fingerprint density at radius 2 is 1.57 bits per heavy atom. The summed E-state index contributed by atoms with van der Waals surface area (Å²) in [6, 6.07) is 12.2. The highest BCUT2D eigenvalue weighted by molar-refractivity contribution is 5.94. The van der Waals surface area contributed by atoms with Crippen molar-refractivity contribution in [1.82, 2.24) is 15.0 Å². The first kappa shape index (κ1) is 30.2. The lowest BCUT2D eigenvalue weighted by Gasteiger charge is -2.39. The summed E-state index contributed by atoms with van der Waals surface area (Å²) >= 11 is 0. The van der Waals surface area contributed by atoms with Crippen LogP contribution in [0.5, 0.6) is 40.2 Å². The standard InChI is InChI=1S/C34H33N3O10/c1-17(38)18-6-7-24(25(8-18)40-2)44-14-20-13-37(36-35-20)32-22-12-27-26(46-16-47-27)11-21(22)30(31-23(32)15-45-34(31)39)19-9-28(41-3)33(43-5)29(10-19)42-4/h6-13,23,30-32H,14-16H2,1-5H3/t23-,30+,31-,32+/m0/s1. The minimum Gasteiger partial charge on any atom is -0.493 e. The predicted molar refractivity (Wildman–Crippen MR) is 164 cm³/mol. The van der Waals surface area contributed by atoms with Crippen molar-refractivity contribution in [3.63, 3.8) is 0 Å². The first-order valence-electron chi connectivity index (χ1n) is 15.0. The molecule has 2 aliphatic heterocycles. The third kappa shape index (κ3) is 5.11. The van der Waals surface area contributed by atoms with E-state index in [-0.39, 0.29) is 37.7 Å². The van der Waals surface area contributed by atoms with Gasteiger partial charge in [-0.2, -0.15) is 0 Å². The van der Waals surface area contributed by atoms with Gasteiger partial charge in [-0.3, -0.25) is 9.59 Å². The Labute approximate surface area is 270 Å². The Morgan fingerprint density at radius 3 is 2.23 bits per heavy atom. The molecule has 0 N–H and O–H groups in total. The van der Waals surface area contributed by atoms with Gasteiger partial charge in [-0.15, -0.1) is 5.10 Å². The summed E-state index contributed by atoms with van der Waals surface area (Å²) in [5.74, 6) is 1.81. The summed E-state index contributed by atoms with van der Waals surface area (Å²) in [5.41, 5.74) is 3.62. The minimum atomic E-state index is -0.566. The van der Waals surface area contributed by atoms with E-state index in [2.05, 4.69) is 10.3 Å². The first-order valence-corrected chi connectivity index (χ1v) is 15.0. The number of carbonyl (C=O) groups excluding carboxylic acids is 2. The number of carbonyl (C=O) groups is 2. The first-order chi connectivity index (χ1) is 22.8. The number of Topliss-reactive ketones (excluding diaryl/α,β-unsaturated/α-hetero) is 1. The monoisotopic (exact) mass is 643 g/mol. The molecule has 0 amide bonds. The molecule has 0 unspecified atom stereocenters. The maximum atomic E-state index is 13.6. The van der Waals surface area contributed by atoms with Crippen molar-refractivity contribution in [3.8, 4) is 40.2 Å². The molecular weight excluding hydrogens is 610 g/mol. The number of cyclic esters (lactones) is 1. The Morgan fingerprint density at radius 1 is 0.872 bits per heavy atom. The Kier molecular flexibility index (Phi) is 7.74. The lowest BCUT2D eigenvalue weighted by Crippen LogP contribution is -2.37. The number of esters is 1. The molecule has 13 heteroatoms. The van der Waals surface area contributed by atoms with Gasteiger partial charge in [0.15, 0.2) is 40.3 Å². The lowest BCUT2D eigenvalue weighted by molar-refractivity contribution is -0.141. The zero-order valence-corrected chi connectivity index (χ0v) is 26.5. The van der Waals surface area contributed by atoms with E-state index in [9.17, 15) is 9.59 Å². The van der Waals surface area contributed by atoms with Crippen molar-refractivity contribution < 1.29 is 47.5 Å². The topological polar surface area (TPSA) is 139 Å². The summed E-state index contributed by atoms with van der Waals surface area (Å²) in [5, 5.41) is 8.89. The Balaban J connectivity index is 1.29.